The number of hydrogen-bond donors (Lipinski definition) is 2. The fourth-order valence-corrected chi connectivity index (χ4v) is 2.50. The first-order valence-corrected chi connectivity index (χ1v) is 6.43. The largest absolute Gasteiger partial charge is 0.354 e. The van der Waals surface area contributed by atoms with E-state index < -0.39 is 0 Å². The van der Waals surface area contributed by atoms with Gasteiger partial charge in [0.25, 0.3) is 0 Å². The van der Waals surface area contributed by atoms with Gasteiger partial charge in [-0.05, 0) is 31.7 Å². The van der Waals surface area contributed by atoms with Crippen LogP contribution in [0.3, 0.4) is 0 Å². The fourth-order valence-electron chi connectivity index (χ4n) is 2.50. The minimum Gasteiger partial charge on any atom is -0.354 e. The zero-order valence-corrected chi connectivity index (χ0v) is 11.1. The molecule has 0 aromatic carbocycles. The lowest BCUT2D eigenvalue weighted by molar-refractivity contribution is -0.130. The van der Waals surface area contributed by atoms with Crippen molar-refractivity contribution in [3.63, 3.8) is 0 Å². The SMILES string of the molecule is CC(C)CC(C)(C)C(=O)NCC1CCCN1. The molecule has 0 saturated carbocycles. The summed E-state index contributed by atoms with van der Waals surface area (Å²) in [6.07, 6.45) is 3.36. The topological polar surface area (TPSA) is 41.1 Å². The summed E-state index contributed by atoms with van der Waals surface area (Å²) in [6, 6.07) is 0.485. The Hall–Kier alpha value is -0.570. The van der Waals surface area contributed by atoms with E-state index in [9.17, 15) is 4.79 Å². The number of rotatable bonds is 5. The lowest BCUT2D eigenvalue weighted by Crippen LogP contribution is -2.43. The number of carbonyl (C=O) groups is 1. The predicted molar refractivity (Wildman–Crippen MR) is 67.3 cm³/mol. The van der Waals surface area contributed by atoms with Crippen LogP contribution in [0.2, 0.25) is 0 Å². The van der Waals surface area contributed by atoms with Crippen LogP contribution in [0.4, 0.5) is 0 Å². The molecule has 1 fully saturated rings. The van der Waals surface area contributed by atoms with Crippen LogP contribution < -0.4 is 10.6 Å². The second-order valence-corrected chi connectivity index (χ2v) is 5.99. The van der Waals surface area contributed by atoms with Crippen LogP contribution >= 0.6 is 0 Å². The molecule has 2 N–H and O–H groups in total. The Labute approximate surface area is 99.4 Å². The summed E-state index contributed by atoms with van der Waals surface area (Å²) in [5, 5.41) is 6.46. The molecule has 1 unspecified atom stereocenters. The lowest BCUT2D eigenvalue weighted by atomic mass is 9.83. The predicted octanol–water partition coefficient (Wildman–Crippen LogP) is 1.93. The molecular formula is C13H26N2O. The van der Waals surface area contributed by atoms with Crippen molar-refractivity contribution in [2.75, 3.05) is 13.1 Å². The van der Waals surface area contributed by atoms with Gasteiger partial charge in [-0.2, -0.15) is 0 Å². The van der Waals surface area contributed by atoms with Crippen LogP contribution in [-0.4, -0.2) is 25.0 Å². The van der Waals surface area contributed by atoms with Crippen molar-refractivity contribution in [3.05, 3.63) is 0 Å². The van der Waals surface area contributed by atoms with Gasteiger partial charge in [0.2, 0.25) is 5.91 Å². The minimum absolute atomic E-state index is 0.190. The maximum atomic E-state index is 12.0. The van der Waals surface area contributed by atoms with Crippen molar-refractivity contribution in [1.29, 1.82) is 0 Å². The van der Waals surface area contributed by atoms with Crippen LogP contribution in [0.5, 0.6) is 0 Å². The van der Waals surface area contributed by atoms with Gasteiger partial charge in [0.05, 0.1) is 0 Å². The summed E-state index contributed by atoms with van der Waals surface area (Å²) in [5.41, 5.74) is -0.243. The monoisotopic (exact) mass is 226 g/mol. The highest BCUT2D eigenvalue weighted by Crippen LogP contribution is 2.25. The lowest BCUT2D eigenvalue weighted by Gasteiger charge is -2.26. The molecule has 94 valence electrons. The second kappa shape index (κ2) is 5.67. The first-order chi connectivity index (χ1) is 7.42. The van der Waals surface area contributed by atoms with E-state index in [1.807, 2.05) is 13.8 Å². The van der Waals surface area contributed by atoms with E-state index in [2.05, 4.69) is 24.5 Å². The number of amides is 1. The van der Waals surface area contributed by atoms with Crippen molar-refractivity contribution < 1.29 is 4.79 Å². The molecule has 0 bridgehead atoms. The molecule has 1 atom stereocenters. The van der Waals surface area contributed by atoms with E-state index in [0.717, 1.165) is 19.5 Å². The molecule has 0 spiro atoms. The Morgan fingerprint density at radius 1 is 1.50 bits per heavy atom. The third-order valence-corrected chi connectivity index (χ3v) is 3.20. The van der Waals surface area contributed by atoms with Gasteiger partial charge in [0, 0.05) is 18.0 Å². The normalized spacial score (nSPS) is 21.4. The summed E-state index contributed by atoms with van der Waals surface area (Å²) in [5.74, 6) is 0.750. The van der Waals surface area contributed by atoms with Crippen molar-refractivity contribution in [3.8, 4) is 0 Å². The van der Waals surface area contributed by atoms with E-state index >= 15 is 0 Å². The summed E-state index contributed by atoms with van der Waals surface area (Å²) >= 11 is 0. The summed E-state index contributed by atoms with van der Waals surface area (Å²) in [4.78, 5) is 12.0. The Kier molecular flexibility index (Phi) is 4.78. The maximum absolute atomic E-state index is 12.0. The van der Waals surface area contributed by atoms with E-state index in [0.29, 0.717) is 12.0 Å². The summed E-state index contributed by atoms with van der Waals surface area (Å²) < 4.78 is 0. The van der Waals surface area contributed by atoms with Gasteiger partial charge in [0.15, 0.2) is 0 Å². The molecule has 1 aliphatic heterocycles. The number of hydrogen-bond acceptors (Lipinski definition) is 2. The van der Waals surface area contributed by atoms with Gasteiger partial charge in [-0.15, -0.1) is 0 Å². The highest BCUT2D eigenvalue weighted by atomic mass is 16.2. The van der Waals surface area contributed by atoms with Crippen molar-refractivity contribution in [2.45, 2.75) is 53.0 Å². The van der Waals surface area contributed by atoms with Gasteiger partial charge in [0.1, 0.15) is 0 Å². The second-order valence-electron chi connectivity index (χ2n) is 5.99. The van der Waals surface area contributed by atoms with Gasteiger partial charge >= 0.3 is 0 Å². The van der Waals surface area contributed by atoms with Gasteiger partial charge in [-0.1, -0.05) is 27.7 Å². The van der Waals surface area contributed by atoms with Gasteiger partial charge in [-0.3, -0.25) is 4.79 Å². The third kappa shape index (κ3) is 4.12. The van der Waals surface area contributed by atoms with E-state index in [1.165, 1.54) is 12.8 Å². The van der Waals surface area contributed by atoms with Crippen LogP contribution in [0.25, 0.3) is 0 Å². The average Bonchev–Trinajstić information content (AvgIpc) is 2.64. The molecule has 1 amide bonds. The van der Waals surface area contributed by atoms with Crippen LogP contribution in [0.1, 0.15) is 47.0 Å². The molecule has 0 radical (unpaired) electrons. The first kappa shape index (κ1) is 13.5. The Bertz CT molecular complexity index is 230. The van der Waals surface area contributed by atoms with Gasteiger partial charge in [-0.25, -0.2) is 0 Å². The molecular weight excluding hydrogens is 200 g/mol. The first-order valence-electron chi connectivity index (χ1n) is 6.43. The van der Waals surface area contributed by atoms with E-state index in [-0.39, 0.29) is 11.3 Å². The van der Waals surface area contributed by atoms with E-state index in [4.69, 9.17) is 0 Å². The molecule has 3 heteroatoms. The van der Waals surface area contributed by atoms with Crippen molar-refractivity contribution >= 4 is 5.91 Å². The quantitative estimate of drug-likeness (QED) is 0.752. The fraction of sp³-hybridized carbons (Fsp3) is 0.923. The third-order valence-electron chi connectivity index (χ3n) is 3.20. The molecule has 1 saturated heterocycles. The highest BCUT2D eigenvalue weighted by molar-refractivity contribution is 5.81. The molecule has 0 aromatic rings. The molecule has 3 nitrogen and oxygen atoms in total. The minimum atomic E-state index is -0.243. The molecule has 0 aliphatic carbocycles. The Morgan fingerprint density at radius 3 is 2.69 bits per heavy atom. The Morgan fingerprint density at radius 2 is 2.19 bits per heavy atom. The summed E-state index contributed by atoms with van der Waals surface area (Å²) in [7, 11) is 0. The standard InChI is InChI=1S/C13H26N2O/c1-10(2)8-13(3,4)12(16)15-9-11-6-5-7-14-11/h10-11,14H,5-9H2,1-4H3,(H,15,16). The van der Waals surface area contributed by atoms with Crippen LogP contribution in [-0.2, 0) is 4.79 Å². The number of nitrogens with one attached hydrogen (secondary N) is 2. The molecule has 1 heterocycles. The van der Waals surface area contributed by atoms with E-state index in [1.54, 1.807) is 0 Å². The molecule has 1 aliphatic rings. The van der Waals surface area contributed by atoms with Crippen molar-refractivity contribution in [2.24, 2.45) is 11.3 Å². The van der Waals surface area contributed by atoms with Crippen molar-refractivity contribution in [1.82, 2.24) is 10.6 Å². The zero-order valence-electron chi connectivity index (χ0n) is 11.1. The highest BCUT2D eigenvalue weighted by Gasteiger charge is 2.28. The molecule has 16 heavy (non-hydrogen) atoms. The van der Waals surface area contributed by atoms with Crippen LogP contribution in [0.15, 0.2) is 0 Å². The smallest absolute Gasteiger partial charge is 0.225 e. The molecule has 0 aromatic heterocycles. The molecule has 1 rings (SSSR count). The van der Waals surface area contributed by atoms with Gasteiger partial charge < -0.3 is 10.6 Å². The summed E-state index contributed by atoms with van der Waals surface area (Å²) in [6.45, 7) is 10.3. The maximum Gasteiger partial charge on any atom is 0.225 e. The zero-order chi connectivity index (χ0) is 12.2. The Balaban J connectivity index is 2.32. The average molecular weight is 226 g/mol. The number of carbonyl (C=O) groups excluding carboxylic acids is 1. The van der Waals surface area contributed by atoms with Crippen LogP contribution in [0, 0.1) is 11.3 Å².